The second kappa shape index (κ2) is 5.28. The maximum atomic E-state index is 12.4. The molecule has 2 N–H and O–H groups in total. The molecule has 1 aromatic heterocycles. The number of aromatic amines is 1. The number of halogens is 4. The standard InChI is InChI=1S/C12H8ClF3N2O3/c13-7-3-1-6(2-4-7)8-9(19)17-11(21)18(10(8)20)5-12(14,15)16/h1-4,20H,5H2,(H,17,19,21). The third kappa shape index (κ3) is 3.27. The van der Waals surface area contributed by atoms with Crippen LogP contribution in [-0.4, -0.2) is 20.8 Å². The molecule has 21 heavy (non-hydrogen) atoms. The quantitative estimate of drug-likeness (QED) is 0.890. The van der Waals surface area contributed by atoms with Gasteiger partial charge in [0.25, 0.3) is 5.56 Å². The van der Waals surface area contributed by atoms with Crippen LogP contribution in [0.5, 0.6) is 5.88 Å². The molecule has 0 atom stereocenters. The van der Waals surface area contributed by atoms with Crippen molar-refractivity contribution < 1.29 is 18.3 Å². The highest BCUT2D eigenvalue weighted by molar-refractivity contribution is 6.30. The van der Waals surface area contributed by atoms with Gasteiger partial charge in [-0.15, -0.1) is 0 Å². The molecule has 0 aliphatic carbocycles. The molecule has 0 bridgehead atoms. The lowest BCUT2D eigenvalue weighted by atomic mass is 10.1. The first-order valence-corrected chi connectivity index (χ1v) is 5.95. The summed E-state index contributed by atoms with van der Waals surface area (Å²) in [7, 11) is 0. The first kappa shape index (κ1) is 15.2. The molecule has 0 saturated carbocycles. The SMILES string of the molecule is O=c1[nH]c(=O)n(CC(F)(F)F)c(O)c1-c1ccc(Cl)cc1. The van der Waals surface area contributed by atoms with Gasteiger partial charge in [0.15, 0.2) is 0 Å². The predicted molar refractivity (Wildman–Crippen MR) is 69.5 cm³/mol. The fourth-order valence-corrected chi connectivity index (χ4v) is 1.89. The van der Waals surface area contributed by atoms with E-state index in [4.69, 9.17) is 11.6 Å². The molecule has 2 aromatic rings. The van der Waals surface area contributed by atoms with E-state index < -0.39 is 35.4 Å². The van der Waals surface area contributed by atoms with Crippen molar-refractivity contribution in [3.8, 4) is 17.0 Å². The van der Waals surface area contributed by atoms with Crippen molar-refractivity contribution in [2.75, 3.05) is 0 Å². The van der Waals surface area contributed by atoms with Crippen LogP contribution in [0.2, 0.25) is 5.02 Å². The van der Waals surface area contributed by atoms with Crippen molar-refractivity contribution >= 4 is 11.6 Å². The Kier molecular flexibility index (Phi) is 3.82. The van der Waals surface area contributed by atoms with Crippen molar-refractivity contribution in [3.63, 3.8) is 0 Å². The number of H-pyrrole nitrogens is 1. The van der Waals surface area contributed by atoms with Crippen LogP contribution in [0, 0.1) is 0 Å². The summed E-state index contributed by atoms with van der Waals surface area (Å²) in [5, 5.41) is 10.2. The minimum Gasteiger partial charge on any atom is -0.494 e. The van der Waals surface area contributed by atoms with Crippen LogP contribution in [0.1, 0.15) is 0 Å². The smallest absolute Gasteiger partial charge is 0.406 e. The van der Waals surface area contributed by atoms with E-state index >= 15 is 0 Å². The van der Waals surface area contributed by atoms with Gasteiger partial charge < -0.3 is 5.11 Å². The number of nitrogens with one attached hydrogen (secondary N) is 1. The van der Waals surface area contributed by atoms with Gasteiger partial charge >= 0.3 is 11.9 Å². The lowest BCUT2D eigenvalue weighted by molar-refractivity contribution is -0.142. The van der Waals surface area contributed by atoms with Crippen molar-refractivity contribution in [2.24, 2.45) is 0 Å². The van der Waals surface area contributed by atoms with E-state index in [1.165, 1.54) is 24.3 Å². The average molecular weight is 321 g/mol. The second-order valence-electron chi connectivity index (χ2n) is 4.17. The fraction of sp³-hybridized carbons (Fsp3) is 0.167. The number of benzene rings is 1. The van der Waals surface area contributed by atoms with Crippen LogP contribution in [-0.2, 0) is 6.54 Å². The molecule has 112 valence electrons. The van der Waals surface area contributed by atoms with Crippen LogP contribution >= 0.6 is 11.6 Å². The van der Waals surface area contributed by atoms with Crippen molar-refractivity contribution in [1.82, 2.24) is 9.55 Å². The van der Waals surface area contributed by atoms with Crippen molar-refractivity contribution in [1.29, 1.82) is 0 Å². The third-order valence-corrected chi connectivity index (χ3v) is 2.89. The minimum absolute atomic E-state index is 0.0470. The highest BCUT2D eigenvalue weighted by Crippen LogP contribution is 2.27. The minimum atomic E-state index is -4.73. The Labute approximate surface area is 120 Å². The Hall–Kier alpha value is -2.22. The molecule has 0 aliphatic rings. The molecule has 0 amide bonds. The third-order valence-electron chi connectivity index (χ3n) is 2.64. The highest BCUT2D eigenvalue weighted by atomic mass is 35.5. The van der Waals surface area contributed by atoms with Crippen LogP contribution in [0.15, 0.2) is 33.9 Å². The zero-order chi connectivity index (χ0) is 15.8. The normalized spacial score (nSPS) is 11.6. The van der Waals surface area contributed by atoms with Gasteiger partial charge in [0.05, 0.1) is 0 Å². The van der Waals surface area contributed by atoms with E-state index in [1.54, 1.807) is 4.98 Å². The number of hydrogen-bond acceptors (Lipinski definition) is 3. The van der Waals surface area contributed by atoms with Gasteiger partial charge in [0.2, 0.25) is 5.88 Å². The number of rotatable bonds is 2. The second-order valence-corrected chi connectivity index (χ2v) is 4.60. The maximum Gasteiger partial charge on any atom is 0.406 e. The molecular formula is C12H8ClF3N2O3. The molecule has 0 unspecified atom stereocenters. The Bertz CT molecular complexity index is 778. The summed E-state index contributed by atoms with van der Waals surface area (Å²) in [4.78, 5) is 24.9. The summed E-state index contributed by atoms with van der Waals surface area (Å²) in [6, 6.07) is 5.48. The van der Waals surface area contributed by atoms with Crippen molar-refractivity contribution in [2.45, 2.75) is 12.7 Å². The molecule has 0 radical (unpaired) electrons. The van der Waals surface area contributed by atoms with E-state index in [2.05, 4.69) is 0 Å². The highest BCUT2D eigenvalue weighted by Gasteiger charge is 2.31. The molecule has 0 spiro atoms. The number of alkyl halides is 3. The van der Waals surface area contributed by atoms with E-state index in [9.17, 15) is 27.9 Å². The molecule has 1 heterocycles. The van der Waals surface area contributed by atoms with Crippen LogP contribution in [0.25, 0.3) is 11.1 Å². The van der Waals surface area contributed by atoms with Crippen LogP contribution in [0.3, 0.4) is 0 Å². The summed E-state index contributed by atoms with van der Waals surface area (Å²) in [5.41, 5.74) is -2.63. The molecular weight excluding hydrogens is 313 g/mol. The number of nitrogens with zero attached hydrogens (tertiary/aromatic N) is 1. The largest absolute Gasteiger partial charge is 0.494 e. The number of hydrogen-bond donors (Lipinski definition) is 2. The molecule has 0 fully saturated rings. The molecule has 2 rings (SSSR count). The lowest BCUT2D eigenvalue weighted by Gasteiger charge is -2.13. The number of aromatic nitrogens is 2. The zero-order valence-corrected chi connectivity index (χ0v) is 11.0. The number of aromatic hydroxyl groups is 1. The Balaban J connectivity index is 2.67. The topological polar surface area (TPSA) is 75.1 Å². The Morgan fingerprint density at radius 1 is 1.19 bits per heavy atom. The van der Waals surface area contributed by atoms with Gasteiger partial charge in [0.1, 0.15) is 12.1 Å². The van der Waals surface area contributed by atoms with Crippen LogP contribution in [0.4, 0.5) is 13.2 Å². The molecule has 9 heteroatoms. The maximum absolute atomic E-state index is 12.4. The van der Waals surface area contributed by atoms with Gasteiger partial charge in [0, 0.05) is 5.02 Å². The zero-order valence-electron chi connectivity index (χ0n) is 10.2. The summed E-state index contributed by atoms with van der Waals surface area (Å²) in [6.07, 6.45) is -4.73. The van der Waals surface area contributed by atoms with E-state index in [1.807, 2.05) is 0 Å². The summed E-state index contributed by atoms with van der Waals surface area (Å²) in [5.74, 6) is -1.05. The molecule has 0 aliphatic heterocycles. The molecule has 1 aromatic carbocycles. The van der Waals surface area contributed by atoms with Gasteiger partial charge in [-0.3, -0.25) is 14.3 Å². The molecule has 0 saturated heterocycles. The molecule has 5 nitrogen and oxygen atoms in total. The van der Waals surface area contributed by atoms with Gasteiger partial charge in [-0.05, 0) is 17.7 Å². The van der Waals surface area contributed by atoms with E-state index in [0.717, 1.165) is 0 Å². The first-order valence-electron chi connectivity index (χ1n) is 5.58. The Morgan fingerprint density at radius 3 is 2.29 bits per heavy atom. The Morgan fingerprint density at radius 2 is 1.76 bits per heavy atom. The van der Waals surface area contributed by atoms with Crippen LogP contribution < -0.4 is 11.2 Å². The van der Waals surface area contributed by atoms with E-state index in [0.29, 0.717) is 5.02 Å². The summed E-state index contributed by atoms with van der Waals surface area (Å²) in [6.45, 7) is -1.71. The predicted octanol–water partition coefficient (Wildman–Crippen LogP) is 2.12. The first-order chi connectivity index (χ1) is 9.69. The van der Waals surface area contributed by atoms with Gasteiger partial charge in [-0.25, -0.2) is 4.79 Å². The summed E-state index contributed by atoms with van der Waals surface area (Å²) >= 11 is 5.67. The lowest BCUT2D eigenvalue weighted by Crippen LogP contribution is -2.34. The van der Waals surface area contributed by atoms with E-state index in [-0.39, 0.29) is 10.1 Å². The summed E-state index contributed by atoms with van der Waals surface area (Å²) < 4.78 is 37.3. The fourth-order valence-electron chi connectivity index (χ4n) is 1.76. The monoisotopic (exact) mass is 320 g/mol. The van der Waals surface area contributed by atoms with Crippen molar-refractivity contribution in [3.05, 3.63) is 50.1 Å². The van der Waals surface area contributed by atoms with Gasteiger partial charge in [-0.1, -0.05) is 23.7 Å². The average Bonchev–Trinajstić information content (AvgIpc) is 2.35. The van der Waals surface area contributed by atoms with Gasteiger partial charge in [-0.2, -0.15) is 13.2 Å².